The molecule has 2 aromatic carbocycles. The van der Waals surface area contributed by atoms with E-state index >= 15 is 0 Å². The summed E-state index contributed by atoms with van der Waals surface area (Å²) in [5, 5.41) is 3.14. The molecule has 3 nitrogen and oxygen atoms in total. The lowest BCUT2D eigenvalue weighted by atomic mass is 9.80. The minimum Gasteiger partial charge on any atom is -0.340 e. The molecule has 1 aliphatic rings. The molecule has 180 valence electrons. The van der Waals surface area contributed by atoms with Gasteiger partial charge in [-0.05, 0) is 55.3 Å². The number of carbonyl (C=O) groups excluding carboxylic acids is 1. The summed E-state index contributed by atoms with van der Waals surface area (Å²) in [5.41, 5.74) is -4.23. The molecule has 0 bridgehead atoms. The second-order valence-electron chi connectivity index (χ2n) is 8.72. The molecule has 2 aromatic rings. The number of likely N-dealkylation sites (N-methyl/N-ethyl adjacent to an activating group) is 1. The number of nitrogens with one attached hydrogen (secondary N) is 1. The van der Waals surface area contributed by atoms with E-state index in [1.165, 1.54) is 37.9 Å². The highest BCUT2D eigenvalue weighted by atomic mass is 19.4. The second kappa shape index (κ2) is 8.62. The van der Waals surface area contributed by atoms with Crippen molar-refractivity contribution in [3.05, 3.63) is 70.5 Å². The van der Waals surface area contributed by atoms with Crippen molar-refractivity contribution in [2.75, 3.05) is 20.1 Å². The first-order valence-corrected chi connectivity index (χ1v) is 10.2. The van der Waals surface area contributed by atoms with Gasteiger partial charge in [0, 0.05) is 26.1 Å². The summed E-state index contributed by atoms with van der Waals surface area (Å²) < 4.78 is 93.1. The van der Waals surface area contributed by atoms with Crippen molar-refractivity contribution in [3.63, 3.8) is 0 Å². The van der Waals surface area contributed by atoms with Gasteiger partial charge < -0.3 is 10.2 Å². The molecule has 1 N–H and O–H groups in total. The molecule has 3 rings (SSSR count). The minimum atomic E-state index is -5.01. The van der Waals surface area contributed by atoms with E-state index in [2.05, 4.69) is 5.32 Å². The number of carbonyl (C=O) groups is 1. The van der Waals surface area contributed by atoms with Crippen LogP contribution in [-0.2, 0) is 22.6 Å². The Morgan fingerprint density at radius 2 is 1.36 bits per heavy atom. The van der Waals surface area contributed by atoms with Crippen LogP contribution < -0.4 is 5.32 Å². The predicted molar refractivity (Wildman–Crippen MR) is 108 cm³/mol. The summed E-state index contributed by atoms with van der Waals surface area (Å²) in [7, 11) is 1.47. The molecule has 2 atom stereocenters. The molecule has 0 unspecified atom stereocenters. The number of alkyl halides is 6. The van der Waals surface area contributed by atoms with Gasteiger partial charge in [-0.3, -0.25) is 4.79 Å². The zero-order valence-corrected chi connectivity index (χ0v) is 18.1. The molecule has 33 heavy (non-hydrogen) atoms. The smallest absolute Gasteiger partial charge is 0.340 e. The Labute approximate surface area is 186 Å². The van der Waals surface area contributed by atoms with E-state index in [-0.39, 0.29) is 17.5 Å². The third-order valence-electron chi connectivity index (χ3n) is 6.14. The maximum absolute atomic E-state index is 13.4. The molecule has 10 heteroatoms. The van der Waals surface area contributed by atoms with Crippen LogP contribution in [0.15, 0.2) is 42.5 Å². The molecule has 1 amide bonds. The van der Waals surface area contributed by atoms with E-state index in [4.69, 9.17) is 0 Å². The van der Waals surface area contributed by atoms with E-state index in [1.54, 1.807) is 12.1 Å². The van der Waals surface area contributed by atoms with Crippen LogP contribution in [0, 0.1) is 5.82 Å². The van der Waals surface area contributed by atoms with E-state index < -0.39 is 46.7 Å². The van der Waals surface area contributed by atoms with E-state index in [1.807, 2.05) is 0 Å². The highest BCUT2D eigenvalue weighted by molar-refractivity contribution is 5.87. The topological polar surface area (TPSA) is 32.3 Å². The summed E-state index contributed by atoms with van der Waals surface area (Å²) in [6.45, 7) is 3.46. The van der Waals surface area contributed by atoms with Gasteiger partial charge in [-0.25, -0.2) is 4.39 Å². The van der Waals surface area contributed by atoms with Crippen LogP contribution in [0.1, 0.15) is 42.0 Å². The lowest BCUT2D eigenvalue weighted by molar-refractivity contribution is -0.144. The SMILES string of the molecule is CN(C(=O)C(C)(C)c1cc(C(F)(F)F)cc(C(F)(F)F)c1)[C@H]1CNC[C@@H]1c1ccc(F)cc1. The minimum absolute atomic E-state index is 0.0409. The van der Waals surface area contributed by atoms with Gasteiger partial charge in [0.05, 0.1) is 22.6 Å². The average Bonchev–Trinajstić information content (AvgIpc) is 3.21. The zero-order chi connectivity index (χ0) is 24.8. The molecule has 0 saturated carbocycles. The normalized spacial score (nSPS) is 19.6. The lowest BCUT2D eigenvalue weighted by Gasteiger charge is -2.36. The predicted octanol–water partition coefficient (Wildman–Crippen LogP) is 5.35. The van der Waals surface area contributed by atoms with Gasteiger partial charge >= 0.3 is 12.4 Å². The molecular weight excluding hydrogens is 453 g/mol. The monoisotopic (exact) mass is 476 g/mol. The van der Waals surface area contributed by atoms with Crippen molar-refractivity contribution in [1.82, 2.24) is 10.2 Å². The van der Waals surface area contributed by atoms with Gasteiger partial charge in [0.2, 0.25) is 5.91 Å². The summed E-state index contributed by atoms with van der Waals surface area (Å²) in [5.74, 6) is -1.27. The van der Waals surface area contributed by atoms with Crippen molar-refractivity contribution in [2.24, 2.45) is 0 Å². The third-order valence-corrected chi connectivity index (χ3v) is 6.14. The number of hydrogen-bond acceptors (Lipinski definition) is 2. The van der Waals surface area contributed by atoms with Crippen LogP contribution in [0.25, 0.3) is 0 Å². The summed E-state index contributed by atoms with van der Waals surface area (Å²) in [6, 6.07) is 6.55. The summed E-state index contributed by atoms with van der Waals surface area (Å²) in [4.78, 5) is 14.7. The van der Waals surface area contributed by atoms with Crippen molar-refractivity contribution in [2.45, 2.75) is 43.6 Å². The number of nitrogens with zero attached hydrogens (tertiary/aromatic N) is 1. The van der Waals surface area contributed by atoms with Gasteiger partial charge in [0.1, 0.15) is 5.82 Å². The molecule has 0 aliphatic carbocycles. The molecule has 1 saturated heterocycles. The maximum Gasteiger partial charge on any atom is 0.416 e. The fourth-order valence-corrected chi connectivity index (χ4v) is 4.15. The quantitative estimate of drug-likeness (QED) is 0.603. The fraction of sp³-hybridized carbons (Fsp3) is 0.435. The van der Waals surface area contributed by atoms with Gasteiger partial charge in [0.15, 0.2) is 0 Å². The molecule has 1 fully saturated rings. The first-order chi connectivity index (χ1) is 15.1. The first kappa shape index (κ1) is 25.0. The highest BCUT2D eigenvalue weighted by Crippen LogP contribution is 2.40. The van der Waals surface area contributed by atoms with Crippen molar-refractivity contribution >= 4 is 5.91 Å². The van der Waals surface area contributed by atoms with Crippen LogP contribution in [0.4, 0.5) is 30.7 Å². The summed E-state index contributed by atoms with van der Waals surface area (Å²) >= 11 is 0. The van der Waals surface area contributed by atoms with Gasteiger partial charge in [-0.15, -0.1) is 0 Å². The Morgan fingerprint density at radius 3 is 1.85 bits per heavy atom. The van der Waals surface area contributed by atoms with E-state index in [0.717, 1.165) is 5.56 Å². The Kier molecular flexibility index (Phi) is 6.54. The Bertz CT molecular complexity index is 981. The highest BCUT2D eigenvalue weighted by Gasteiger charge is 2.43. The molecule has 0 aromatic heterocycles. The number of amides is 1. The van der Waals surface area contributed by atoms with E-state index in [0.29, 0.717) is 25.2 Å². The molecule has 0 spiro atoms. The number of hydrogen-bond donors (Lipinski definition) is 1. The largest absolute Gasteiger partial charge is 0.416 e. The van der Waals surface area contributed by atoms with Crippen molar-refractivity contribution in [3.8, 4) is 0 Å². The van der Waals surface area contributed by atoms with Crippen LogP contribution in [0.5, 0.6) is 0 Å². The van der Waals surface area contributed by atoms with Crippen LogP contribution in [0.3, 0.4) is 0 Å². The number of benzene rings is 2. The Hall–Kier alpha value is -2.62. The van der Waals surface area contributed by atoms with Gasteiger partial charge in [-0.2, -0.15) is 26.3 Å². The van der Waals surface area contributed by atoms with Crippen LogP contribution in [0.2, 0.25) is 0 Å². The number of rotatable bonds is 4. The van der Waals surface area contributed by atoms with E-state index in [9.17, 15) is 35.5 Å². The average molecular weight is 476 g/mol. The Morgan fingerprint density at radius 1 is 0.879 bits per heavy atom. The molecule has 1 heterocycles. The number of halogens is 7. The first-order valence-electron chi connectivity index (χ1n) is 10.2. The zero-order valence-electron chi connectivity index (χ0n) is 18.1. The van der Waals surface area contributed by atoms with Crippen LogP contribution >= 0.6 is 0 Å². The van der Waals surface area contributed by atoms with Crippen molar-refractivity contribution in [1.29, 1.82) is 0 Å². The Balaban J connectivity index is 1.96. The van der Waals surface area contributed by atoms with Crippen molar-refractivity contribution < 1.29 is 35.5 Å². The molecule has 1 aliphatic heterocycles. The van der Waals surface area contributed by atoms with Crippen LogP contribution in [-0.4, -0.2) is 37.0 Å². The standard InChI is InChI=1S/C23H23F7N2O/c1-21(2,14-8-15(22(25,26)27)10-16(9-14)23(28,29)30)20(33)32(3)19-12-31-11-18(19)13-4-6-17(24)7-5-13/h4-10,18-19,31H,11-12H2,1-3H3/t18-,19+/m1/s1. The fourth-order valence-electron chi connectivity index (χ4n) is 4.15. The molecule has 0 radical (unpaired) electrons. The third kappa shape index (κ3) is 5.15. The second-order valence-corrected chi connectivity index (χ2v) is 8.72. The lowest BCUT2D eigenvalue weighted by Crippen LogP contribution is -2.48. The maximum atomic E-state index is 13.4. The van der Waals surface area contributed by atoms with Gasteiger partial charge in [-0.1, -0.05) is 12.1 Å². The summed E-state index contributed by atoms with van der Waals surface area (Å²) in [6.07, 6.45) is -10.0. The molecular formula is C23H23F7N2O. The van der Waals surface area contributed by atoms with Gasteiger partial charge in [0.25, 0.3) is 0 Å².